The molecule has 3 rings (SSSR count). The van der Waals surface area contributed by atoms with Crippen LogP contribution in [0, 0.1) is 17.8 Å². The summed E-state index contributed by atoms with van der Waals surface area (Å²) in [5.41, 5.74) is 1.05. The minimum atomic E-state index is 0.292. The molecule has 1 aromatic rings. The minimum absolute atomic E-state index is 0.292. The molecule has 2 aliphatic rings. The Kier molecular flexibility index (Phi) is 3.53. The van der Waals surface area contributed by atoms with Gasteiger partial charge in [0.1, 0.15) is 5.75 Å². The number of para-hydroxylation sites is 1. The molecule has 2 aliphatic carbocycles. The third-order valence-corrected chi connectivity index (χ3v) is 5.46. The molecular formula is C17H25NO. The highest BCUT2D eigenvalue weighted by molar-refractivity contribution is 5.34. The average Bonchev–Trinajstić information content (AvgIpc) is 3.00. The fourth-order valence-corrected chi connectivity index (χ4v) is 4.21. The van der Waals surface area contributed by atoms with Crippen LogP contribution in [0.2, 0.25) is 0 Å². The van der Waals surface area contributed by atoms with E-state index in [1.54, 1.807) is 6.07 Å². The van der Waals surface area contributed by atoms with E-state index in [0.29, 0.717) is 11.8 Å². The SMILES string of the molecule is CC(c1ccccc1O)N(C)CC1CC2CCC1C2. The van der Waals surface area contributed by atoms with Gasteiger partial charge in [-0.15, -0.1) is 0 Å². The van der Waals surface area contributed by atoms with Crippen molar-refractivity contribution in [2.75, 3.05) is 13.6 Å². The topological polar surface area (TPSA) is 23.5 Å². The molecule has 2 heteroatoms. The fraction of sp³-hybridized carbons (Fsp3) is 0.647. The Hall–Kier alpha value is -1.02. The highest BCUT2D eigenvalue weighted by Gasteiger charge is 2.40. The normalized spacial score (nSPS) is 31.0. The summed E-state index contributed by atoms with van der Waals surface area (Å²) in [4.78, 5) is 2.42. The third kappa shape index (κ3) is 2.51. The summed E-state index contributed by atoms with van der Waals surface area (Å²) in [6.45, 7) is 3.37. The molecular weight excluding hydrogens is 234 g/mol. The highest BCUT2D eigenvalue weighted by atomic mass is 16.3. The smallest absolute Gasteiger partial charge is 0.120 e. The number of phenolic OH excluding ortho intramolecular Hbond substituents is 1. The van der Waals surface area contributed by atoms with Crippen molar-refractivity contribution in [3.63, 3.8) is 0 Å². The Morgan fingerprint density at radius 2 is 2.05 bits per heavy atom. The van der Waals surface area contributed by atoms with Crippen molar-refractivity contribution >= 4 is 0 Å². The zero-order valence-corrected chi connectivity index (χ0v) is 12.0. The molecule has 2 nitrogen and oxygen atoms in total. The van der Waals surface area contributed by atoms with Gasteiger partial charge >= 0.3 is 0 Å². The Labute approximate surface area is 116 Å². The first kappa shape index (κ1) is 13.0. The molecule has 2 saturated carbocycles. The highest BCUT2D eigenvalue weighted by Crippen LogP contribution is 2.48. The van der Waals surface area contributed by atoms with E-state index in [2.05, 4.69) is 18.9 Å². The van der Waals surface area contributed by atoms with E-state index in [9.17, 15) is 5.11 Å². The van der Waals surface area contributed by atoms with Crippen LogP contribution in [-0.4, -0.2) is 23.6 Å². The second-order valence-electron chi connectivity index (χ2n) is 6.61. The van der Waals surface area contributed by atoms with Crippen molar-refractivity contribution in [3.8, 4) is 5.75 Å². The number of phenols is 1. The summed E-state index contributed by atoms with van der Waals surface area (Å²) in [5, 5.41) is 9.97. The van der Waals surface area contributed by atoms with Crippen LogP contribution in [0.25, 0.3) is 0 Å². The van der Waals surface area contributed by atoms with Gasteiger partial charge in [0.25, 0.3) is 0 Å². The zero-order valence-electron chi connectivity index (χ0n) is 12.0. The standard InChI is InChI=1S/C17H25NO/c1-12(16-5-3-4-6-17(16)19)18(2)11-15-10-13-7-8-14(15)9-13/h3-6,12-15,19H,7-11H2,1-2H3. The maximum atomic E-state index is 9.97. The van der Waals surface area contributed by atoms with Crippen LogP contribution in [-0.2, 0) is 0 Å². The lowest BCUT2D eigenvalue weighted by Crippen LogP contribution is -2.31. The van der Waals surface area contributed by atoms with E-state index in [-0.39, 0.29) is 0 Å². The van der Waals surface area contributed by atoms with Crippen molar-refractivity contribution in [2.45, 2.75) is 38.6 Å². The third-order valence-electron chi connectivity index (χ3n) is 5.46. The van der Waals surface area contributed by atoms with Crippen molar-refractivity contribution in [2.24, 2.45) is 17.8 Å². The van der Waals surface area contributed by atoms with Gasteiger partial charge in [-0.05, 0) is 57.1 Å². The molecule has 0 heterocycles. The lowest BCUT2D eigenvalue weighted by Gasteiger charge is -2.31. The molecule has 1 N–H and O–H groups in total. The van der Waals surface area contributed by atoms with Gasteiger partial charge in [-0.2, -0.15) is 0 Å². The predicted octanol–water partition coefficient (Wildman–Crippen LogP) is 3.82. The number of aromatic hydroxyl groups is 1. The molecule has 2 fully saturated rings. The number of fused-ring (bicyclic) bond motifs is 2. The van der Waals surface area contributed by atoms with E-state index in [4.69, 9.17) is 0 Å². The largest absolute Gasteiger partial charge is 0.508 e. The summed E-state index contributed by atoms with van der Waals surface area (Å²) >= 11 is 0. The van der Waals surface area contributed by atoms with Gasteiger partial charge < -0.3 is 5.11 Å². The summed E-state index contributed by atoms with van der Waals surface area (Å²) in [7, 11) is 2.20. The molecule has 0 spiro atoms. The molecule has 4 atom stereocenters. The molecule has 2 bridgehead atoms. The number of hydrogen-bond acceptors (Lipinski definition) is 2. The first-order chi connectivity index (χ1) is 9.15. The number of benzene rings is 1. The number of hydrogen-bond donors (Lipinski definition) is 1. The quantitative estimate of drug-likeness (QED) is 0.888. The molecule has 0 aliphatic heterocycles. The maximum absolute atomic E-state index is 9.97. The van der Waals surface area contributed by atoms with Crippen molar-refractivity contribution in [3.05, 3.63) is 29.8 Å². The van der Waals surface area contributed by atoms with Gasteiger partial charge in [0.05, 0.1) is 0 Å². The van der Waals surface area contributed by atoms with Crippen LogP contribution in [0.15, 0.2) is 24.3 Å². The van der Waals surface area contributed by atoms with Crippen LogP contribution < -0.4 is 0 Å². The molecule has 0 saturated heterocycles. The molecule has 4 unspecified atom stereocenters. The lowest BCUT2D eigenvalue weighted by molar-refractivity contribution is 0.180. The van der Waals surface area contributed by atoms with Gasteiger partial charge in [0.2, 0.25) is 0 Å². The van der Waals surface area contributed by atoms with Crippen LogP contribution in [0.1, 0.15) is 44.2 Å². The van der Waals surface area contributed by atoms with Gasteiger partial charge in [0.15, 0.2) is 0 Å². The summed E-state index contributed by atoms with van der Waals surface area (Å²) in [5.74, 6) is 3.31. The summed E-state index contributed by atoms with van der Waals surface area (Å²) in [6, 6.07) is 8.02. The van der Waals surface area contributed by atoms with Crippen LogP contribution >= 0.6 is 0 Å². The first-order valence-corrected chi connectivity index (χ1v) is 7.63. The second-order valence-corrected chi connectivity index (χ2v) is 6.61. The van der Waals surface area contributed by atoms with Gasteiger partial charge in [0, 0.05) is 18.2 Å². The van der Waals surface area contributed by atoms with E-state index in [1.165, 1.54) is 32.2 Å². The summed E-state index contributed by atoms with van der Waals surface area (Å²) < 4.78 is 0. The van der Waals surface area contributed by atoms with Crippen molar-refractivity contribution in [1.29, 1.82) is 0 Å². The van der Waals surface area contributed by atoms with E-state index in [0.717, 1.165) is 23.3 Å². The first-order valence-electron chi connectivity index (χ1n) is 7.63. The van der Waals surface area contributed by atoms with E-state index >= 15 is 0 Å². The van der Waals surface area contributed by atoms with E-state index < -0.39 is 0 Å². The minimum Gasteiger partial charge on any atom is -0.508 e. The van der Waals surface area contributed by atoms with Crippen LogP contribution in [0.4, 0.5) is 0 Å². The molecule has 1 aromatic carbocycles. The maximum Gasteiger partial charge on any atom is 0.120 e. The van der Waals surface area contributed by atoms with Crippen LogP contribution in [0.3, 0.4) is 0 Å². The molecule has 19 heavy (non-hydrogen) atoms. The molecule has 0 aromatic heterocycles. The Morgan fingerprint density at radius 3 is 2.68 bits per heavy atom. The molecule has 0 amide bonds. The zero-order chi connectivity index (χ0) is 13.4. The van der Waals surface area contributed by atoms with Crippen molar-refractivity contribution < 1.29 is 5.11 Å². The Morgan fingerprint density at radius 1 is 1.26 bits per heavy atom. The van der Waals surface area contributed by atoms with Crippen LogP contribution in [0.5, 0.6) is 5.75 Å². The van der Waals surface area contributed by atoms with E-state index in [1.807, 2.05) is 18.2 Å². The Bertz CT molecular complexity index is 445. The second kappa shape index (κ2) is 5.16. The number of rotatable bonds is 4. The van der Waals surface area contributed by atoms with Gasteiger partial charge in [-0.1, -0.05) is 24.6 Å². The molecule has 0 radical (unpaired) electrons. The monoisotopic (exact) mass is 259 g/mol. The molecule has 104 valence electrons. The summed E-state index contributed by atoms with van der Waals surface area (Å²) in [6.07, 6.45) is 5.83. The van der Waals surface area contributed by atoms with Gasteiger partial charge in [-0.3, -0.25) is 4.90 Å². The van der Waals surface area contributed by atoms with Crippen molar-refractivity contribution in [1.82, 2.24) is 4.90 Å². The Balaban J connectivity index is 1.64. The average molecular weight is 259 g/mol. The fourth-order valence-electron chi connectivity index (χ4n) is 4.21. The van der Waals surface area contributed by atoms with Gasteiger partial charge in [-0.25, -0.2) is 0 Å². The lowest BCUT2D eigenvalue weighted by atomic mass is 9.88. The number of nitrogens with zero attached hydrogens (tertiary/aromatic N) is 1. The predicted molar refractivity (Wildman–Crippen MR) is 78.1 cm³/mol.